The van der Waals surface area contributed by atoms with Gasteiger partial charge in [-0.3, -0.25) is 4.98 Å². The summed E-state index contributed by atoms with van der Waals surface area (Å²) >= 11 is 6.19. The molecule has 1 heterocycles. The molecule has 0 spiro atoms. The number of benzene rings is 1. The van der Waals surface area contributed by atoms with E-state index in [1.807, 2.05) is 24.3 Å². The molecule has 0 saturated heterocycles. The lowest BCUT2D eigenvalue weighted by Crippen LogP contribution is -2.28. The fourth-order valence-electron chi connectivity index (χ4n) is 2.17. The van der Waals surface area contributed by atoms with Crippen molar-refractivity contribution in [2.24, 2.45) is 5.73 Å². The van der Waals surface area contributed by atoms with E-state index in [0.29, 0.717) is 6.54 Å². The van der Waals surface area contributed by atoms with Gasteiger partial charge >= 0.3 is 0 Å². The molecule has 102 valence electrons. The van der Waals surface area contributed by atoms with Gasteiger partial charge in [-0.05, 0) is 30.7 Å². The van der Waals surface area contributed by atoms with Gasteiger partial charge in [0.25, 0.3) is 0 Å². The van der Waals surface area contributed by atoms with E-state index in [2.05, 4.69) is 17.2 Å². The second-order valence-electron chi connectivity index (χ2n) is 4.71. The third-order valence-electron chi connectivity index (χ3n) is 3.27. The van der Waals surface area contributed by atoms with E-state index in [1.165, 1.54) is 12.8 Å². The molecule has 0 aliphatic heterocycles. The van der Waals surface area contributed by atoms with Crippen LogP contribution in [0.3, 0.4) is 0 Å². The summed E-state index contributed by atoms with van der Waals surface area (Å²) in [7, 11) is 0. The van der Waals surface area contributed by atoms with Gasteiger partial charge in [-0.2, -0.15) is 0 Å². The summed E-state index contributed by atoms with van der Waals surface area (Å²) in [5.74, 6) is 0. The Hall–Kier alpha value is -1.32. The van der Waals surface area contributed by atoms with E-state index in [4.69, 9.17) is 17.3 Å². The number of anilines is 1. The molecule has 0 fully saturated rings. The molecule has 3 N–H and O–H groups in total. The smallest absolute Gasteiger partial charge is 0.0948 e. The number of fused-ring (bicyclic) bond motifs is 1. The summed E-state index contributed by atoms with van der Waals surface area (Å²) < 4.78 is 0. The SMILES string of the molecule is CCCCC(CN)Nc1ccc(Cl)c2cccnc12. The zero-order valence-electron chi connectivity index (χ0n) is 11.2. The van der Waals surface area contributed by atoms with Crippen LogP contribution in [0.2, 0.25) is 5.02 Å². The molecule has 0 aliphatic rings. The normalized spacial score (nSPS) is 12.6. The maximum absolute atomic E-state index is 6.19. The fraction of sp³-hybridized carbons (Fsp3) is 0.400. The van der Waals surface area contributed by atoms with Crippen molar-refractivity contribution < 1.29 is 0 Å². The third-order valence-corrected chi connectivity index (χ3v) is 3.60. The molecule has 2 aromatic rings. The first-order valence-corrected chi connectivity index (χ1v) is 7.14. The molecule has 0 amide bonds. The fourth-order valence-corrected chi connectivity index (χ4v) is 2.39. The minimum atomic E-state index is 0.284. The second-order valence-corrected chi connectivity index (χ2v) is 5.12. The van der Waals surface area contributed by atoms with Crippen LogP contribution in [0.1, 0.15) is 26.2 Å². The lowest BCUT2D eigenvalue weighted by molar-refractivity contribution is 0.614. The Kier molecular flexibility index (Phi) is 5.00. The average Bonchev–Trinajstić information content (AvgIpc) is 2.46. The summed E-state index contributed by atoms with van der Waals surface area (Å²) in [6.45, 7) is 2.81. The van der Waals surface area contributed by atoms with Gasteiger partial charge in [-0.15, -0.1) is 0 Å². The highest BCUT2D eigenvalue weighted by Gasteiger charge is 2.10. The van der Waals surface area contributed by atoms with Crippen molar-refractivity contribution >= 4 is 28.2 Å². The quantitative estimate of drug-likeness (QED) is 0.844. The highest BCUT2D eigenvalue weighted by molar-refractivity contribution is 6.35. The third kappa shape index (κ3) is 3.37. The first-order chi connectivity index (χ1) is 9.26. The maximum Gasteiger partial charge on any atom is 0.0948 e. The van der Waals surface area contributed by atoms with Gasteiger partial charge in [0.1, 0.15) is 0 Å². The number of nitrogens with one attached hydrogen (secondary N) is 1. The largest absolute Gasteiger partial charge is 0.379 e. The summed E-state index contributed by atoms with van der Waals surface area (Å²) in [5, 5.41) is 5.19. The van der Waals surface area contributed by atoms with Crippen molar-refractivity contribution in [2.45, 2.75) is 32.2 Å². The number of pyridine rings is 1. The lowest BCUT2D eigenvalue weighted by Gasteiger charge is -2.19. The van der Waals surface area contributed by atoms with Crippen molar-refractivity contribution in [3.8, 4) is 0 Å². The van der Waals surface area contributed by atoms with Crippen molar-refractivity contribution in [2.75, 3.05) is 11.9 Å². The van der Waals surface area contributed by atoms with E-state index >= 15 is 0 Å². The lowest BCUT2D eigenvalue weighted by atomic mass is 10.1. The van der Waals surface area contributed by atoms with Gasteiger partial charge < -0.3 is 11.1 Å². The molecule has 0 radical (unpaired) electrons. The van der Waals surface area contributed by atoms with Gasteiger partial charge in [0.2, 0.25) is 0 Å². The van der Waals surface area contributed by atoms with Gasteiger partial charge in [-0.1, -0.05) is 31.4 Å². The number of hydrogen-bond donors (Lipinski definition) is 2. The topological polar surface area (TPSA) is 50.9 Å². The van der Waals surface area contributed by atoms with E-state index < -0.39 is 0 Å². The Morgan fingerprint density at radius 1 is 1.37 bits per heavy atom. The number of rotatable bonds is 6. The number of aromatic nitrogens is 1. The van der Waals surface area contributed by atoms with Crippen LogP contribution < -0.4 is 11.1 Å². The summed E-state index contributed by atoms with van der Waals surface area (Å²) in [4.78, 5) is 4.42. The number of nitrogens with zero attached hydrogens (tertiary/aromatic N) is 1. The molecule has 0 aliphatic carbocycles. The molecular formula is C15H20ClN3. The average molecular weight is 278 g/mol. The number of unbranched alkanes of at least 4 members (excludes halogenated alkanes) is 1. The predicted molar refractivity (Wildman–Crippen MR) is 82.7 cm³/mol. The molecule has 0 bridgehead atoms. The molecule has 4 heteroatoms. The van der Waals surface area contributed by atoms with Crippen LogP contribution in [0.25, 0.3) is 10.9 Å². The minimum absolute atomic E-state index is 0.284. The molecule has 3 nitrogen and oxygen atoms in total. The van der Waals surface area contributed by atoms with E-state index in [0.717, 1.165) is 28.0 Å². The number of halogens is 1. The highest BCUT2D eigenvalue weighted by atomic mass is 35.5. The van der Waals surface area contributed by atoms with Gasteiger partial charge in [0.15, 0.2) is 0 Å². The molecule has 1 aromatic carbocycles. The Morgan fingerprint density at radius 3 is 2.95 bits per heavy atom. The Balaban J connectivity index is 2.27. The second kappa shape index (κ2) is 6.73. The molecule has 2 rings (SSSR count). The summed E-state index contributed by atoms with van der Waals surface area (Å²) in [6.07, 6.45) is 5.21. The zero-order valence-corrected chi connectivity index (χ0v) is 12.0. The van der Waals surface area contributed by atoms with Crippen molar-refractivity contribution in [1.82, 2.24) is 4.98 Å². The number of nitrogens with two attached hydrogens (primary N) is 1. The molecule has 19 heavy (non-hydrogen) atoms. The monoisotopic (exact) mass is 277 g/mol. The van der Waals surface area contributed by atoms with Gasteiger partial charge in [0.05, 0.1) is 16.2 Å². The Labute approximate surface area is 119 Å². The first-order valence-electron chi connectivity index (χ1n) is 6.76. The van der Waals surface area contributed by atoms with E-state index in [9.17, 15) is 0 Å². The molecule has 1 atom stereocenters. The predicted octanol–water partition coefficient (Wildman–Crippen LogP) is 3.82. The van der Waals surface area contributed by atoms with Crippen molar-refractivity contribution in [1.29, 1.82) is 0 Å². The van der Waals surface area contributed by atoms with Crippen LogP contribution in [0, 0.1) is 0 Å². The molecule has 1 aromatic heterocycles. The Morgan fingerprint density at radius 2 is 2.21 bits per heavy atom. The first kappa shape index (κ1) is 14.1. The summed E-state index contributed by atoms with van der Waals surface area (Å²) in [5.41, 5.74) is 7.74. The van der Waals surface area contributed by atoms with Crippen LogP contribution in [-0.4, -0.2) is 17.6 Å². The van der Waals surface area contributed by atoms with Crippen LogP contribution in [-0.2, 0) is 0 Å². The van der Waals surface area contributed by atoms with Crippen LogP contribution in [0.15, 0.2) is 30.5 Å². The molecule has 1 unspecified atom stereocenters. The maximum atomic E-state index is 6.19. The van der Waals surface area contributed by atoms with Gasteiger partial charge in [-0.25, -0.2) is 0 Å². The van der Waals surface area contributed by atoms with Crippen molar-refractivity contribution in [3.63, 3.8) is 0 Å². The van der Waals surface area contributed by atoms with E-state index in [-0.39, 0.29) is 6.04 Å². The van der Waals surface area contributed by atoms with Crippen LogP contribution >= 0.6 is 11.6 Å². The van der Waals surface area contributed by atoms with Crippen LogP contribution in [0.5, 0.6) is 0 Å². The highest BCUT2D eigenvalue weighted by Crippen LogP contribution is 2.28. The minimum Gasteiger partial charge on any atom is -0.379 e. The van der Waals surface area contributed by atoms with Crippen LogP contribution in [0.4, 0.5) is 5.69 Å². The van der Waals surface area contributed by atoms with E-state index in [1.54, 1.807) is 6.20 Å². The summed E-state index contributed by atoms with van der Waals surface area (Å²) in [6, 6.07) is 8.05. The Bertz CT molecular complexity index is 542. The molecular weight excluding hydrogens is 258 g/mol. The number of hydrogen-bond acceptors (Lipinski definition) is 3. The zero-order chi connectivity index (χ0) is 13.7. The molecule has 0 saturated carbocycles. The van der Waals surface area contributed by atoms with Crippen molar-refractivity contribution in [3.05, 3.63) is 35.5 Å². The van der Waals surface area contributed by atoms with Gasteiger partial charge in [0, 0.05) is 24.2 Å². The standard InChI is InChI=1S/C15H20ClN3/c1-2-3-5-11(10-17)19-14-8-7-13(16)12-6-4-9-18-15(12)14/h4,6-9,11,19H,2-3,5,10,17H2,1H3.